The first-order valence-corrected chi connectivity index (χ1v) is 12.9. The number of para-hydroxylation sites is 1. The zero-order chi connectivity index (χ0) is 24.6. The summed E-state index contributed by atoms with van der Waals surface area (Å²) in [6.07, 6.45) is 2.32. The number of carbonyl (C=O) groups excluding carboxylic acids is 1. The molecule has 6 rings (SSSR count). The van der Waals surface area contributed by atoms with E-state index in [0.717, 1.165) is 47.9 Å². The van der Waals surface area contributed by atoms with Crippen LogP contribution in [0.5, 0.6) is 0 Å². The lowest BCUT2D eigenvalue weighted by molar-refractivity contribution is 0.0954. The number of benzene rings is 1. The molecule has 8 nitrogen and oxygen atoms in total. The van der Waals surface area contributed by atoms with Gasteiger partial charge >= 0.3 is 0 Å². The molecule has 0 bridgehead atoms. The van der Waals surface area contributed by atoms with Gasteiger partial charge in [0.15, 0.2) is 5.65 Å². The van der Waals surface area contributed by atoms with Crippen LogP contribution in [0, 0.1) is 0 Å². The van der Waals surface area contributed by atoms with Crippen LogP contribution in [0.1, 0.15) is 16.1 Å². The van der Waals surface area contributed by atoms with Crippen molar-refractivity contribution in [3.05, 3.63) is 82.3 Å². The van der Waals surface area contributed by atoms with E-state index in [1.807, 2.05) is 59.0 Å². The van der Waals surface area contributed by atoms with Crippen LogP contribution >= 0.6 is 11.3 Å². The summed E-state index contributed by atoms with van der Waals surface area (Å²) in [6.45, 7) is 4.09. The van der Waals surface area contributed by atoms with E-state index in [4.69, 9.17) is 4.98 Å². The maximum Gasteiger partial charge on any atom is 0.258 e. The van der Waals surface area contributed by atoms with E-state index in [1.165, 1.54) is 11.3 Å². The van der Waals surface area contributed by atoms with Gasteiger partial charge in [-0.1, -0.05) is 18.2 Å². The Labute approximate surface area is 211 Å². The number of thiazole rings is 1. The standard InChI is InChI=1S/C27H26N6O2S/c1-31-14-16-32(17-15-31)22-10-9-19-24(34)23(26(35)29-13-11-18-6-4-5-12-28-18)27-33(25(19)30-22)20-7-2-3-8-21(20)36-27/h2-10,12H,11,13-17H2,1H3,(H,29,35). The minimum absolute atomic E-state index is 0.166. The van der Waals surface area contributed by atoms with Gasteiger partial charge in [0.1, 0.15) is 16.2 Å². The first-order valence-electron chi connectivity index (χ1n) is 12.1. The summed E-state index contributed by atoms with van der Waals surface area (Å²) in [6, 6.07) is 17.4. The second kappa shape index (κ2) is 9.33. The number of carbonyl (C=O) groups is 1. The lowest BCUT2D eigenvalue weighted by atomic mass is 10.1. The Hall–Kier alpha value is -3.82. The molecular weight excluding hydrogens is 472 g/mol. The molecular formula is C27H26N6O2S. The molecule has 0 unspecified atom stereocenters. The highest BCUT2D eigenvalue weighted by molar-refractivity contribution is 7.24. The van der Waals surface area contributed by atoms with Crippen LogP contribution < -0.4 is 15.6 Å². The van der Waals surface area contributed by atoms with E-state index in [9.17, 15) is 9.59 Å². The van der Waals surface area contributed by atoms with Crippen molar-refractivity contribution < 1.29 is 4.79 Å². The lowest BCUT2D eigenvalue weighted by Crippen LogP contribution is -2.44. The van der Waals surface area contributed by atoms with Gasteiger partial charge in [0.25, 0.3) is 5.91 Å². The molecule has 0 saturated carbocycles. The highest BCUT2D eigenvalue weighted by Crippen LogP contribution is 2.31. The Kier molecular flexibility index (Phi) is 5.86. The van der Waals surface area contributed by atoms with Crippen LogP contribution in [0.15, 0.2) is 65.6 Å². The molecule has 5 heterocycles. The summed E-state index contributed by atoms with van der Waals surface area (Å²) < 4.78 is 2.97. The lowest BCUT2D eigenvalue weighted by Gasteiger charge is -2.33. The van der Waals surface area contributed by atoms with E-state index in [1.54, 1.807) is 6.20 Å². The van der Waals surface area contributed by atoms with E-state index in [2.05, 4.69) is 27.1 Å². The summed E-state index contributed by atoms with van der Waals surface area (Å²) in [5.74, 6) is 0.483. The molecule has 36 heavy (non-hydrogen) atoms. The number of pyridine rings is 3. The van der Waals surface area contributed by atoms with Crippen LogP contribution in [0.25, 0.3) is 26.1 Å². The van der Waals surface area contributed by atoms with E-state index < -0.39 is 0 Å². The van der Waals surface area contributed by atoms with Gasteiger partial charge in [-0.2, -0.15) is 0 Å². The van der Waals surface area contributed by atoms with Gasteiger partial charge in [-0.15, -0.1) is 11.3 Å². The van der Waals surface area contributed by atoms with E-state index in [-0.39, 0.29) is 16.9 Å². The van der Waals surface area contributed by atoms with Crippen molar-refractivity contribution in [2.75, 3.05) is 44.7 Å². The van der Waals surface area contributed by atoms with Crippen molar-refractivity contribution in [2.24, 2.45) is 0 Å². The summed E-state index contributed by atoms with van der Waals surface area (Å²) in [5.41, 5.74) is 2.30. The Bertz CT molecular complexity index is 1640. The molecule has 0 aliphatic carbocycles. The molecule has 1 N–H and O–H groups in total. The van der Waals surface area contributed by atoms with Crippen molar-refractivity contribution in [2.45, 2.75) is 6.42 Å². The first kappa shape index (κ1) is 22.6. The summed E-state index contributed by atoms with van der Waals surface area (Å²) in [5, 5.41) is 3.39. The Morgan fingerprint density at radius 2 is 1.83 bits per heavy atom. The molecule has 1 aliphatic rings. The van der Waals surface area contributed by atoms with Crippen LogP contribution in [-0.2, 0) is 6.42 Å². The normalized spacial score (nSPS) is 14.6. The van der Waals surface area contributed by atoms with Crippen molar-refractivity contribution >= 4 is 49.1 Å². The van der Waals surface area contributed by atoms with E-state index in [0.29, 0.717) is 28.8 Å². The number of fused-ring (bicyclic) bond motifs is 5. The smallest absolute Gasteiger partial charge is 0.258 e. The fourth-order valence-electron chi connectivity index (χ4n) is 4.73. The Morgan fingerprint density at radius 1 is 1.03 bits per heavy atom. The molecule has 1 saturated heterocycles. The predicted molar refractivity (Wildman–Crippen MR) is 144 cm³/mol. The van der Waals surface area contributed by atoms with Gasteiger partial charge in [0.2, 0.25) is 5.43 Å². The second-order valence-electron chi connectivity index (χ2n) is 9.07. The number of nitrogens with zero attached hydrogens (tertiary/aromatic N) is 5. The zero-order valence-electron chi connectivity index (χ0n) is 20.0. The average molecular weight is 499 g/mol. The fourth-order valence-corrected chi connectivity index (χ4v) is 5.91. The molecule has 1 aromatic carbocycles. The molecule has 1 fully saturated rings. The molecule has 5 aromatic rings. The van der Waals surface area contributed by atoms with Gasteiger partial charge in [0.05, 0.1) is 15.6 Å². The van der Waals surface area contributed by atoms with Gasteiger partial charge < -0.3 is 15.1 Å². The third-order valence-corrected chi connectivity index (χ3v) is 7.87. The highest BCUT2D eigenvalue weighted by Gasteiger charge is 2.24. The van der Waals surface area contributed by atoms with Crippen molar-refractivity contribution in [3.63, 3.8) is 0 Å². The number of piperazine rings is 1. The largest absolute Gasteiger partial charge is 0.354 e. The number of hydrogen-bond donors (Lipinski definition) is 1. The summed E-state index contributed by atoms with van der Waals surface area (Å²) >= 11 is 1.45. The van der Waals surface area contributed by atoms with Gasteiger partial charge in [0, 0.05) is 51.0 Å². The van der Waals surface area contributed by atoms with Crippen molar-refractivity contribution in [1.29, 1.82) is 0 Å². The number of amides is 1. The van der Waals surface area contributed by atoms with Gasteiger partial charge in [-0.05, 0) is 43.4 Å². The molecule has 1 aliphatic heterocycles. The minimum Gasteiger partial charge on any atom is -0.354 e. The van der Waals surface area contributed by atoms with Crippen molar-refractivity contribution in [3.8, 4) is 0 Å². The van der Waals surface area contributed by atoms with Crippen LogP contribution in [0.4, 0.5) is 5.82 Å². The molecule has 0 spiro atoms. The third-order valence-electron chi connectivity index (χ3n) is 6.72. The van der Waals surface area contributed by atoms with Gasteiger partial charge in [-0.25, -0.2) is 4.98 Å². The quantitative estimate of drug-likeness (QED) is 0.401. The number of likely N-dealkylation sites (N-methyl/N-ethyl adjacent to an activating group) is 1. The van der Waals surface area contributed by atoms with Crippen LogP contribution in [-0.4, -0.2) is 64.9 Å². The number of aromatic nitrogens is 3. The minimum atomic E-state index is -0.370. The van der Waals surface area contributed by atoms with Crippen LogP contribution in [0.2, 0.25) is 0 Å². The highest BCUT2D eigenvalue weighted by atomic mass is 32.1. The third kappa shape index (κ3) is 4.00. The zero-order valence-corrected chi connectivity index (χ0v) is 20.8. The maximum absolute atomic E-state index is 13.7. The molecule has 182 valence electrons. The topological polar surface area (TPSA) is 82.8 Å². The second-order valence-corrected chi connectivity index (χ2v) is 10.1. The maximum atomic E-state index is 13.7. The number of hydrogen-bond acceptors (Lipinski definition) is 7. The predicted octanol–water partition coefficient (Wildman–Crippen LogP) is 3.18. The monoisotopic (exact) mass is 498 g/mol. The fraction of sp³-hybridized carbons (Fsp3) is 0.259. The average Bonchev–Trinajstić information content (AvgIpc) is 3.29. The molecule has 9 heteroatoms. The van der Waals surface area contributed by atoms with Gasteiger partial charge in [-0.3, -0.25) is 19.0 Å². The number of nitrogens with one attached hydrogen (secondary N) is 1. The molecule has 0 atom stereocenters. The molecule has 4 aromatic heterocycles. The Balaban J connectivity index is 1.45. The summed E-state index contributed by atoms with van der Waals surface area (Å²) in [4.78, 5) is 41.5. The molecule has 1 amide bonds. The van der Waals surface area contributed by atoms with E-state index >= 15 is 0 Å². The number of anilines is 1. The van der Waals surface area contributed by atoms with Crippen molar-refractivity contribution in [1.82, 2.24) is 24.6 Å². The Morgan fingerprint density at radius 3 is 2.64 bits per heavy atom. The summed E-state index contributed by atoms with van der Waals surface area (Å²) in [7, 11) is 2.12. The van der Waals surface area contributed by atoms with Crippen LogP contribution in [0.3, 0.4) is 0 Å². The first-order chi connectivity index (χ1) is 17.6. The SMILES string of the molecule is CN1CCN(c2ccc3c(=O)c(C(=O)NCCc4ccccn4)c4sc5ccccc5n4c3n2)CC1. The molecule has 0 radical (unpaired) electrons. The number of rotatable bonds is 5.